The zero-order valence-electron chi connectivity index (χ0n) is 19.0. The lowest BCUT2D eigenvalue weighted by molar-refractivity contribution is -0.125. The monoisotopic (exact) mass is 477 g/mol. The number of rotatable bonds is 6. The van der Waals surface area contributed by atoms with Gasteiger partial charge in [-0.3, -0.25) is 19.7 Å². The average Bonchev–Trinajstić information content (AvgIpc) is 3.54. The van der Waals surface area contributed by atoms with Gasteiger partial charge in [-0.15, -0.1) is 11.3 Å². The molecule has 1 saturated heterocycles. The Kier molecular flexibility index (Phi) is 5.73. The number of amides is 3. The average molecular weight is 478 g/mol. The highest BCUT2D eigenvalue weighted by molar-refractivity contribution is 7.16. The molecule has 2 N–H and O–H groups in total. The van der Waals surface area contributed by atoms with Crippen LogP contribution in [-0.2, 0) is 4.79 Å². The summed E-state index contributed by atoms with van der Waals surface area (Å²) in [4.78, 5) is 44.7. The number of nitrogens with zero attached hydrogens (tertiary/aromatic N) is 3. The SMILES string of the molecule is C=CC(=O)N1CCC2(CC(n3c(NC(=O)c4ccc(C(=O)NCC)s4)nc4ccccc43)C2)C1. The Morgan fingerprint density at radius 3 is 2.65 bits per heavy atom. The number of aromatic nitrogens is 2. The molecule has 0 atom stereocenters. The molecule has 2 aliphatic rings. The number of para-hydroxylation sites is 2. The van der Waals surface area contributed by atoms with E-state index in [0.717, 1.165) is 54.7 Å². The van der Waals surface area contributed by atoms with E-state index in [9.17, 15) is 14.4 Å². The van der Waals surface area contributed by atoms with Crippen LogP contribution in [0.15, 0.2) is 49.1 Å². The number of imidazole rings is 1. The Labute approximate surface area is 201 Å². The number of benzene rings is 1. The van der Waals surface area contributed by atoms with Crippen LogP contribution in [0.1, 0.15) is 51.6 Å². The van der Waals surface area contributed by atoms with Crippen LogP contribution in [0.4, 0.5) is 5.95 Å². The molecule has 1 spiro atoms. The second kappa shape index (κ2) is 8.72. The highest BCUT2D eigenvalue weighted by Gasteiger charge is 2.50. The summed E-state index contributed by atoms with van der Waals surface area (Å²) >= 11 is 1.16. The Balaban J connectivity index is 1.37. The van der Waals surface area contributed by atoms with Crippen molar-refractivity contribution in [2.24, 2.45) is 5.41 Å². The molecular weight excluding hydrogens is 450 g/mol. The lowest BCUT2D eigenvalue weighted by Crippen LogP contribution is -2.42. The molecule has 1 aliphatic heterocycles. The van der Waals surface area contributed by atoms with Crippen molar-refractivity contribution in [2.45, 2.75) is 32.2 Å². The summed E-state index contributed by atoms with van der Waals surface area (Å²) in [5, 5.41) is 5.73. The molecule has 3 aromatic rings. The summed E-state index contributed by atoms with van der Waals surface area (Å²) in [5.74, 6) is 0.0363. The second-order valence-corrected chi connectivity index (χ2v) is 10.1. The molecule has 1 aromatic carbocycles. The van der Waals surface area contributed by atoms with Gasteiger partial charge in [0.15, 0.2) is 0 Å². The van der Waals surface area contributed by atoms with Gasteiger partial charge in [0.2, 0.25) is 11.9 Å². The first kappa shape index (κ1) is 22.3. The summed E-state index contributed by atoms with van der Waals surface area (Å²) in [5.41, 5.74) is 1.91. The predicted molar refractivity (Wildman–Crippen MR) is 132 cm³/mol. The number of likely N-dealkylation sites (tertiary alicyclic amines) is 1. The van der Waals surface area contributed by atoms with E-state index >= 15 is 0 Å². The fraction of sp³-hybridized carbons (Fsp3) is 0.360. The number of carbonyl (C=O) groups is 3. The van der Waals surface area contributed by atoms with Gasteiger partial charge in [-0.1, -0.05) is 18.7 Å². The molecule has 9 heteroatoms. The fourth-order valence-corrected chi connectivity index (χ4v) is 6.02. The van der Waals surface area contributed by atoms with Gasteiger partial charge in [0.1, 0.15) is 0 Å². The number of nitrogens with one attached hydrogen (secondary N) is 2. The van der Waals surface area contributed by atoms with Gasteiger partial charge in [0.25, 0.3) is 11.8 Å². The molecule has 1 saturated carbocycles. The van der Waals surface area contributed by atoms with E-state index in [0.29, 0.717) is 22.2 Å². The maximum Gasteiger partial charge on any atom is 0.268 e. The lowest BCUT2D eigenvalue weighted by atomic mass is 9.65. The zero-order chi connectivity index (χ0) is 23.9. The summed E-state index contributed by atoms with van der Waals surface area (Å²) in [6.07, 6.45) is 4.22. The van der Waals surface area contributed by atoms with Crippen molar-refractivity contribution in [3.8, 4) is 0 Å². The fourth-order valence-electron chi connectivity index (χ4n) is 5.20. The molecule has 34 heavy (non-hydrogen) atoms. The van der Waals surface area contributed by atoms with Gasteiger partial charge in [-0.2, -0.15) is 0 Å². The summed E-state index contributed by atoms with van der Waals surface area (Å²) in [6, 6.07) is 11.4. The van der Waals surface area contributed by atoms with Crippen LogP contribution < -0.4 is 10.6 Å². The predicted octanol–water partition coefficient (Wildman–Crippen LogP) is 3.84. The van der Waals surface area contributed by atoms with E-state index in [1.54, 1.807) is 12.1 Å². The Hall–Kier alpha value is -3.46. The van der Waals surface area contributed by atoms with E-state index in [1.807, 2.05) is 36.1 Å². The molecule has 1 aliphatic carbocycles. The van der Waals surface area contributed by atoms with Crippen LogP contribution in [0.5, 0.6) is 0 Å². The quantitative estimate of drug-likeness (QED) is 0.527. The molecule has 0 bridgehead atoms. The Morgan fingerprint density at radius 1 is 1.18 bits per heavy atom. The van der Waals surface area contributed by atoms with Crippen LogP contribution in [-0.4, -0.2) is 51.8 Å². The van der Waals surface area contributed by atoms with Crippen molar-refractivity contribution in [1.29, 1.82) is 0 Å². The third-order valence-corrected chi connectivity index (χ3v) is 7.92. The second-order valence-electron chi connectivity index (χ2n) is 9.05. The van der Waals surface area contributed by atoms with Crippen LogP contribution >= 0.6 is 11.3 Å². The van der Waals surface area contributed by atoms with Crippen molar-refractivity contribution in [3.63, 3.8) is 0 Å². The van der Waals surface area contributed by atoms with Crippen LogP contribution in [0.25, 0.3) is 11.0 Å². The first-order chi connectivity index (χ1) is 16.4. The molecule has 3 heterocycles. The molecular formula is C25H27N5O3S. The number of hydrogen-bond donors (Lipinski definition) is 2. The molecule has 2 aromatic heterocycles. The van der Waals surface area contributed by atoms with Crippen LogP contribution in [0.2, 0.25) is 0 Å². The van der Waals surface area contributed by atoms with Gasteiger partial charge in [-0.25, -0.2) is 4.98 Å². The minimum Gasteiger partial charge on any atom is -0.352 e. The van der Waals surface area contributed by atoms with E-state index in [1.165, 1.54) is 6.08 Å². The van der Waals surface area contributed by atoms with Gasteiger partial charge in [0.05, 0.1) is 20.8 Å². The summed E-state index contributed by atoms with van der Waals surface area (Å²) in [7, 11) is 0. The molecule has 2 fully saturated rings. The number of carbonyl (C=O) groups excluding carboxylic acids is 3. The molecule has 0 unspecified atom stereocenters. The summed E-state index contributed by atoms with van der Waals surface area (Å²) < 4.78 is 2.12. The van der Waals surface area contributed by atoms with Crippen molar-refractivity contribution in [3.05, 3.63) is 58.8 Å². The molecule has 3 amide bonds. The zero-order valence-corrected chi connectivity index (χ0v) is 19.9. The van der Waals surface area contributed by atoms with Gasteiger partial charge >= 0.3 is 0 Å². The number of fused-ring (bicyclic) bond motifs is 1. The molecule has 8 nitrogen and oxygen atoms in total. The van der Waals surface area contributed by atoms with E-state index < -0.39 is 0 Å². The van der Waals surface area contributed by atoms with E-state index in [-0.39, 0.29) is 29.2 Å². The number of thiophene rings is 1. The van der Waals surface area contributed by atoms with Crippen molar-refractivity contribution in [1.82, 2.24) is 19.8 Å². The first-order valence-corrected chi connectivity index (χ1v) is 12.3. The molecule has 5 rings (SSSR count). The van der Waals surface area contributed by atoms with Crippen molar-refractivity contribution >= 4 is 46.0 Å². The minimum atomic E-state index is -0.283. The largest absolute Gasteiger partial charge is 0.352 e. The highest BCUT2D eigenvalue weighted by atomic mass is 32.1. The maximum absolute atomic E-state index is 13.0. The van der Waals surface area contributed by atoms with E-state index in [4.69, 9.17) is 4.98 Å². The molecule has 0 radical (unpaired) electrons. The van der Waals surface area contributed by atoms with Gasteiger partial charge < -0.3 is 14.8 Å². The smallest absolute Gasteiger partial charge is 0.268 e. The minimum absolute atomic E-state index is 0.00991. The third kappa shape index (κ3) is 3.90. The van der Waals surface area contributed by atoms with E-state index in [2.05, 4.69) is 21.8 Å². The lowest BCUT2D eigenvalue weighted by Gasteiger charge is -2.46. The Morgan fingerprint density at radius 2 is 1.91 bits per heavy atom. The van der Waals surface area contributed by atoms with Crippen LogP contribution in [0.3, 0.4) is 0 Å². The number of hydrogen-bond acceptors (Lipinski definition) is 5. The van der Waals surface area contributed by atoms with Gasteiger partial charge in [0, 0.05) is 25.7 Å². The van der Waals surface area contributed by atoms with Gasteiger partial charge in [-0.05, 0) is 61.9 Å². The maximum atomic E-state index is 13.0. The normalized spacial score (nSPS) is 21.4. The van der Waals surface area contributed by atoms with Crippen molar-refractivity contribution in [2.75, 3.05) is 25.0 Å². The first-order valence-electron chi connectivity index (χ1n) is 11.5. The summed E-state index contributed by atoms with van der Waals surface area (Å²) in [6.45, 7) is 7.51. The standard InChI is InChI=1S/C25H27N5O3S/c1-3-21(31)29-12-11-25(15-29)13-16(14-25)30-18-8-6-5-7-17(18)27-24(30)28-23(33)20-10-9-19(34-20)22(32)26-4-2/h3,5-10,16H,1,4,11-15H2,2H3,(H,26,32)(H,27,28,33). The topological polar surface area (TPSA) is 96.3 Å². The van der Waals surface area contributed by atoms with Crippen LogP contribution in [0, 0.1) is 5.41 Å². The Bertz CT molecular complexity index is 1290. The van der Waals surface area contributed by atoms with Crippen molar-refractivity contribution < 1.29 is 14.4 Å². The third-order valence-electron chi connectivity index (χ3n) is 6.84. The molecule has 176 valence electrons. The number of anilines is 1. The highest BCUT2D eigenvalue weighted by Crippen LogP contribution is 2.55.